The molecule has 2 heterocycles. The second-order valence-electron chi connectivity index (χ2n) is 4.54. The molecular formula is C14H13FN2OS2. The smallest absolute Gasteiger partial charge is 0.178 e. The normalized spacial score (nSPS) is 12.8. The fraction of sp³-hybridized carbons (Fsp3) is 0.214. The van der Waals surface area contributed by atoms with E-state index in [1.165, 1.54) is 18.7 Å². The molecule has 0 aliphatic heterocycles. The van der Waals surface area contributed by atoms with Gasteiger partial charge in [-0.1, -0.05) is 0 Å². The van der Waals surface area contributed by atoms with Gasteiger partial charge in [-0.3, -0.25) is 0 Å². The third-order valence-corrected chi connectivity index (χ3v) is 4.40. The van der Waals surface area contributed by atoms with Gasteiger partial charge in [0, 0.05) is 12.1 Å². The van der Waals surface area contributed by atoms with E-state index in [2.05, 4.69) is 23.4 Å². The fourth-order valence-electron chi connectivity index (χ4n) is 2.33. The Kier molecular flexibility index (Phi) is 3.35. The number of hydrogen-bond donors (Lipinski definition) is 1. The monoisotopic (exact) mass is 308 g/mol. The van der Waals surface area contributed by atoms with Gasteiger partial charge in [0.25, 0.3) is 0 Å². The van der Waals surface area contributed by atoms with Crippen LogP contribution >= 0.6 is 23.6 Å². The van der Waals surface area contributed by atoms with E-state index in [9.17, 15) is 4.39 Å². The number of nitrogens with one attached hydrogen (secondary N) is 1. The number of imidazole rings is 1. The first-order valence-corrected chi connectivity index (χ1v) is 7.46. The van der Waals surface area contributed by atoms with Crippen LogP contribution in [-0.4, -0.2) is 16.7 Å². The van der Waals surface area contributed by atoms with Crippen molar-refractivity contribution in [3.05, 3.63) is 45.1 Å². The lowest BCUT2D eigenvalue weighted by Crippen LogP contribution is -2.05. The number of H-pyrrole nitrogens is 1. The quantitative estimate of drug-likeness (QED) is 0.721. The standard InChI is InChI=1S/C14H13FN2OS2/c1-8(9-3-4-20-7-9)17-12-6-13(18-2)10(15)5-11(12)16-14(17)19/h3-8H,1-2H3,(H,16,19). The van der Waals surface area contributed by atoms with Crippen molar-refractivity contribution in [2.45, 2.75) is 13.0 Å². The van der Waals surface area contributed by atoms with Crippen LogP contribution in [0.1, 0.15) is 18.5 Å². The van der Waals surface area contributed by atoms with Crippen molar-refractivity contribution in [3.8, 4) is 5.75 Å². The summed E-state index contributed by atoms with van der Waals surface area (Å²) in [5.74, 6) is -0.177. The van der Waals surface area contributed by atoms with E-state index < -0.39 is 5.82 Å². The average Bonchev–Trinajstić information content (AvgIpc) is 3.03. The predicted molar refractivity (Wildman–Crippen MR) is 81.8 cm³/mol. The number of aromatic amines is 1. The van der Waals surface area contributed by atoms with Crippen LogP contribution in [0.4, 0.5) is 4.39 Å². The van der Waals surface area contributed by atoms with E-state index in [1.807, 2.05) is 9.95 Å². The number of nitrogens with zero attached hydrogens (tertiary/aromatic N) is 1. The van der Waals surface area contributed by atoms with Gasteiger partial charge in [0.1, 0.15) is 0 Å². The SMILES string of the molecule is COc1cc2c(cc1F)[nH]c(=S)n2C(C)c1ccsc1. The van der Waals surface area contributed by atoms with Crippen LogP contribution in [0.25, 0.3) is 11.0 Å². The largest absolute Gasteiger partial charge is 0.494 e. The molecule has 0 aliphatic rings. The number of rotatable bonds is 3. The zero-order valence-corrected chi connectivity index (χ0v) is 12.6. The van der Waals surface area contributed by atoms with E-state index in [1.54, 1.807) is 17.4 Å². The Balaban J connectivity index is 2.25. The predicted octanol–water partition coefficient (Wildman–Crippen LogP) is 4.52. The van der Waals surface area contributed by atoms with Crippen LogP contribution in [0.3, 0.4) is 0 Å². The molecule has 0 amide bonds. The van der Waals surface area contributed by atoms with Gasteiger partial charge in [0.15, 0.2) is 16.3 Å². The van der Waals surface area contributed by atoms with Crippen LogP contribution in [0.15, 0.2) is 29.0 Å². The maximum Gasteiger partial charge on any atom is 0.178 e. The molecule has 3 rings (SSSR count). The summed E-state index contributed by atoms with van der Waals surface area (Å²) in [7, 11) is 1.46. The Bertz CT molecular complexity index is 805. The van der Waals surface area contributed by atoms with Crippen LogP contribution in [-0.2, 0) is 0 Å². The molecule has 3 aromatic rings. The molecule has 0 saturated heterocycles. The van der Waals surface area contributed by atoms with Crippen molar-refractivity contribution >= 4 is 34.6 Å². The lowest BCUT2D eigenvalue weighted by molar-refractivity contribution is 0.387. The molecule has 2 aromatic heterocycles. The second kappa shape index (κ2) is 5.03. The van der Waals surface area contributed by atoms with Crippen molar-refractivity contribution in [2.24, 2.45) is 0 Å². The topological polar surface area (TPSA) is 29.9 Å². The highest BCUT2D eigenvalue weighted by atomic mass is 32.1. The summed E-state index contributed by atoms with van der Waals surface area (Å²) in [6, 6.07) is 5.25. The summed E-state index contributed by atoms with van der Waals surface area (Å²) in [5.41, 5.74) is 2.69. The number of benzene rings is 1. The molecule has 1 aromatic carbocycles. The molecule has 1 N–H and O–H groups in total. The van der Waals surface area contributed by atoms with Gasteiger partial charge in [-0.25, -0.2) is 4.39 Å². The highest BCUT2D eigenvalue weighted by Crippen LogP contribution is 2.29. The van der Waals surface area contributed by atoms with Gasteiger partial charge in [-0.05, 0) is 41.5 Å². The summed E-state index contributed by atoms with van der Waals surface area (Å²) in [6.45, 7) is 2.07. The number of fused-ring (bicyclic) bond motifs is 1. The van der Waals surface area contributed by atoms with Crippen LogP contribution in [0.5, 0.6) is 5.75 Å². The molecule has 0 aliphatic carbocycles. The lowest BCUT2D eigenvalue weighted by atomic mass is 10.1. The lowest BCUT2D eigenvalue weighted by Gasteiger charge is -2.13. The van der Waals surface area contributed by atoms with Crippen molar-refractivity contribution in [3.63, 3.8) is 0 Å². The summed E-state index contributed by atoms with van der Waals surface area (Å²) in [6.07, 6.45) is 0. The maximum atomic E-state index is 13.7. The summed E-state index contributed by atoms with van der Waals surface area (Å²) in [4.78, 5) is 3.05. The van der Waals surface area contributed by atoms with Crippen molar-refractivity contribution in [1.82, 2.24) is 9.55 Å². The van der Waals surface area contributed by atoms with E-state index in [4.69, 9.17) is 17.0 Å². The first-order valence-electron chi connectivity index (χ1n) is 6.11. The first kappa shape index (κ1) is 13.3. The molecule has 6 heteroatoms. The summed E-state index contributed by atoms with van der Waals surface area (Å²) >= 11 is 7.02. The maximum absolute atomic E-state index is 13.7. The number of halogens is 1. The van der Waals surface area contributed by atoms with Crippen LogP contribution in [0.2, 0.25) is 0 Å². The molecule has 0 fully saturated rings. The summed E-state index contributed by atoms with van der Waals surface area (Å²) < 4.78 is 21.4. The van der Waals surface area contributed by atoms with Gasteiger partial charge in [0.2, 0.25) is 0 Å². The zero-order chi connectivity index (χ0) is 14.3. The second-order valence-corrected chi connectivity index (χ2v) is 5.70. The molecule has 0 spiro atoms. The molecule has 0 saturated carbocycles. The van der Waals surface area contributed by atoms with E-state index in [0.717, 1.165) is 5.52 Å². The van der Waals surface area contributed by atoms with E-state index in [0.29, 0.717) is 10.3 Å². The Morgan fingerprint density at radius 1 is 1.45 bits per heavy atom. The molecular weight excluding hydrogens is 295 g/mol. The number of thiophene rings is 1. The van der Waals surface area contributed by atoms with Gasteiger partial charge < -0.3 is 14.3 Å². The minimum Gasteiger partial charge on any atom is -0.494 e. The third-order valence-electron chi connectivity index (χ3n) is 3.40. The Labute approximate surface area is 124 Å². The Morgan fingerprint density at radius 2 is 2.25 bits per heavy atom. The minimum atomic E-state index is -0.397. The van der Waals surface area contributed by atoms with Crippen LogP contribution < -0.4 is 4.74 Å². The minimum absolute atomic E-state index is 0.0812. The van der Waals surface area contributed by atoms with Crippen molar-refractivity contribution in [2.75, 3.05) is 7.11 Å². The van der Waals surface area contributed by atoms with Gasteiger partial charge >= 0.3 is 0 Å². The Hall–Kier alpha value is -1.66. The fourth-order valence-corrected chi connectivity index (χ4v) is 3.44. The first-order chi connectivity index (χ1) is 9.61. The molecule has 0 bridgehead atoms. The van der Waals surface area contributed by atoms with Gasteiger partial charge in [-0.2, -0.15) is 11.3 Å². The summed E-state index contributed by atoms with van der Waals surface area (Å²) in [5, 5.41) is 4.12. The van der Waals surface area contributed by atoms with Crippen molar-refractivity contribution < 1.29 is 9.13 Å². The van der Waals surface area contributed by atoms with E-state index in [-0.39, 0.29) is 11.8 Å². The number of hydrogen-bond acceptors (Lipinski definition) is 3. The zero-order valence-electron chi connectivity index (χ0n) is 11.0. The molecule has 1 atom stereocenters. The van der Waals surface area contributed by atoms with Gasteiger partial charge in [-0.15, -0.1) is 0 Å². The molecule has 1 unspecified atom stereocenters. The molecule has 3 nitrogen and oxygen atoms in total. The van der Waals surface area contributed by atoms with E-state index >= 15 is 0 Å². The van der Waals surface area contributed by atoms with Gasteiger partial charge in [0.05, 0.1) is 24.2 Å². The highest BCUT2D eigenvalue weighted by Gasteiger charge is 2.16. The molecule has 104 valence electrons. The number of ether oxygens (including phenoxy) is 1. The average molecular weight is 308 g/mol. The van der Waals surface area contributed by atoms with Crippen molar-refractivity contribution in [1.29, 1.82) is 0 Å². The highest BCUT2D eigenvalue weighted by molar-refractivity contribution is 7.71. The molecule has 0 radical (unpaired) electrons. The van der Waals surface area contributed by atoms with Crippen LogP contribution in [0, 0.1) is 10.6 Å². The number of aromatic nitrogens is 2. The third kappa shape index (κ3) is 2.05. The number of methoxy groups -OCH3 is 1. The Morgan fingerprint density at radius 3 is 2.90 bits per heavy atom. The molecule has 20 heavy (non-hydrogen) atoms.